The molecular weight excluding hydrogens is 304 g/mol. The molecule has 1 unspecified atom stereocenters. The molecule has 6 heteroatoms. The Labute approximate surface area is 131 Å². The predicted octanol–water partition coefficient (Wildman–Crippen LogP) is 2.89. The summed E-state index contributed by atoms with van der Waals surface area (Å²) in [5.41, 5.74) is 0. The van der Waals surface area contributed by atoms with E-state index in [0.717, 1.165) is 32.1 Å². The Morgan fingerprint density at radius 2 is 1.82 bits per heavy atom. The SMILES string of the molecule is COc1ccc(S(=O)(=O)C(CC2CCCCC2)C(=O)O)cc1. The van der Waals surface area contributed by atoms with Crippen molar-refractivity contribution >= 4 is 15.8 Å². The fourth-order valence-corrected chi connectivity index (χ4v) is 4.65. The number of hydrogen-bond donors (Lipinski definition) is 1. The summed E-state index contributed by atoms with van der Waals surface area (Å²) >= 11 is 0. The van der Waals surface area contributed by atoms with Crippen LogP contribution in [0.1, 0.15) is 38.5 Å². The molecule has 0 aliphatic heterocycles. The van der Waals surface area contributed by atoms with Crippen molar-refractivity contribution in [2.75, 3.05) is 7.11 Å². The lowest BCUT2D eigenvalue weighted by atomic mass is 9.86. The maximum atomic E-state index is 12.6. The van der Waals surface area contributed by atoms with Crippen LogP contribution in [0.15, 0.2) is 29.2 Å². The van der Waals surface area contributed by atoms with Crippen LogP contribution in [-0.2, 0) is 14.6 Å². The Hall–Kier alpha value is -1.56. The molecule has 0 bridgehead atoms. The van der Waals surface area contributed by atoms with Gasteiger partial charge in [0, 0.05) is 0 Å². The van der Waals surface area contributed by atoms with Gasteiger partial charge in [0.2, 0.25) is 0 Å². The van der Waals surface area contributed by atoms with Gasteiger partial charge in [-0.3, -0.25) is 4.79 Å². The second-order valence-electron chi connectivity index (χ2n) is 5.79. The summed E-state index contributed by atoms with van der Waals surface area (Å²) in [6.45, 7) is 0. The normalized spacial score (nSPS) is 17.9. The van der Waals surface area contributed by atoms with Crippen molar-refractivity contribution in [1.29, 1.82) is 0 Å². The molecule has 122 valence electrons. The van der Waals surface area contributed by atoms with Crippen LogP contribution >= 0.6 is 0 Å². The van der Waals surface area contributed by atoms with Gasteiger partial charge in [0.1, 0.15) is 5.75 Å². The minimum Gasteiger partial charge on any atom is -0.497 e. The number of carboxylic acid groups (broad SMARTS) is 1. The van der Waals surface area contributed by atoms with Gasteiger partial charge in [0.05, 0.1) is 12.0 Å². The second kappa shape index (κ2) is 7.13. The van der Waals surface area contributed by atoms with Crippen molar-refractivity contribution in [1.82, 2.24) is 0 Å². The third-order valence-electron chi connectivity index (χ3n) is 4.31. The summed E-state index contributed by atoms with van der Waals surface area (Å²) in [5.74, 6) is -0.539. The van der Waals surface area contributed by atoms with Gasteiger partial charge in [-0.05, 0) is 36.6 Å². The van der Waals surface area contributed by atoms with Crippen molar-refractivity contribution in [3.63, 3.8) is 0 Å². The van der Waals surface area contributed by atoms with Gasteiger partial charge in [-0.15, -0.1) is 0 Å². The van der Waals surface area contributed by atoms with Crippen molar-refractivity contribution < 1.29 is 23.1 Å². The van der Waals surface area contributed by atoms with E-state index >= 15 is 0 Å². The average Bonchev–Trinajstić information content (AvgIpc) is 2.53. The van der Waals surface area contributed by atoms with E-state index in [4.69, 9.17) is 4.74 Å². The number of rotatable bonds is 6. The average molecular weight is 326 g/mol. The topological polar surface area (TPSA) is 80.7 Å². The molecule has 0 heterocycles. The van der Waals surface area contributed by atoms with Crippen LogP contribution in [0.25, 0.3) is 0 Å². The molecule has 0 spiro atoms. The van der Waals surface area contributed by atoms with E-state index < -0.39 is 21.1 Å². The number of carbonyl (C=O) groups is 1. The van der Waals surface area contributed by atoms with Crippen LogP contribution < -0.4 is 4.74 Å². The monoisotopic (exact) mass is 326 g/mol. The van der Waals surface area contributed by atoms with Crippen molar-refractivity contribution in [2.24, 2.45) is 5.92 Å². The zero-order valence-electron chi connectivity index (χ0n) is 12.7. The number of sulfone groups is 1. The van der Waals surface area contributed by atoms with Gasteiger partial charge in [0.15, 0.2) is 15.1 Å². The number of aliphatic carboxylic acids is 1. The fraction of sp³-hybridized carbons (Fsp3) is 0.562. The van der Waals surface area contributed by atoms with E-state index in [0.29, 0.717) is 5.75 Å². The van der Waals surface area contributed by atoms with Gasteiger partial charge in [-0.2, -0.15) is 0 Å². The number of methoxy groups -OCH3 is 1. The summed E-state index contributed by atoms with van der Waals surface area (Å²) in [6, 6.07) is 5.88. The summed E-state index contributed by atoms with van der Waals surface area (Å²) in [6.07, 6.45) is 5.30. The van der Waals surface area contributed by atoms with Gasteiger partial charge in [-0.1, -0.05) is 32.1 Å². The van der Waals surface area contributed by atoms with Crippen LogP contribution in [0.4, 0.5) is 0 Å². The Kier molecular flexibility index (Phi) is 5.45. The largest absolute Gasteiger partial charge is 0.497 e. The Bertz CT molecular complexity index is 600. The van der Waals surface area contributed by atoms with E-state index in [-0.39, 0.29) is 17.2 Å². The summed E-state index contributed by atoms with van der Waals surface area (Å²) in [5, 5.41) is 8.03. The lowest BCUT2D eigenvalue weighted by molar-refractivity contribution is -0.136. The molecule has 1 atom stereocenters. The maximum absolute atomic E-state index is 12.6. The van der Waals surface area contributed by atoms with Crippen LogP contribution in [0.2, 0.25) is 0 Å². The highest BCUT2D eigenvalue weighted by Gasteiger charge is 2.36. The first-order chi connectivity index (χ1) is 10.4. The van der Waals surface area contributed by atoms with E-state index in [9.17, 15) is 18.3 Å². The highest BCUT2D eigenvalue weighted by molar-refractivity contribution is 7.92. The van der Waals surface area contributed by atoms with Gasteiger partial charge in [-0.25, -0.2) is 8.42 Å². The number of hydrogen-bond acceptors (Lipinski definition) is 4. The zero-order chi connectivity index (χ0) is 16.2. The first kappa shape index (κ1) is 16.8. The molecule has 2 rings (SSSR count). The maximum Gasteiger partial charge on any atom is 0.322 e. The van der Waals surface area contributed by atoms with Crippen molar-refractivity contribution in [3.8, 4) is 5.75 Å². The minimum absolute atomic E-state index is 0.0384. The number of ether oxygens (including phenoxy) is 1. The van der Waals surface area contributed by atoms with E-state index in [1.54, 1.807) is 0 Å². The van der Waals surface area contributed by atoms with E-state index in [2.05, 4.69) is 0 Å². The summed E-state index contributed by atoms with van der Waals surface area (Å²) in [7, 11) is -2.39. The predicted molar refractivity (Wildman–Crippen MR) is 82.8 cm³/mol. The second-order valence-corrected chi connectivity index (χ2v) is 7.92. The molecule has 1 fully saturated rings. The van der Waals surface area contributed by atoms with E-state index in [1.165, 1.54) is 31.4 Å². The molecule has 1 aliphatic rings. The summed E-state index contributed by atoms with van der Waals surface area (Å²) in [4.78, 5) is 11.6. The molecule has 22 heavy (non-hydrogen) atoms. The fourth-order valence-electron chi connectivity index (χ4n) is 3.02. The lowest BCUT2D eigenvalue weighted by Crippen LogP contribution is -2.33. The Morgan fingerprint density at radius 1 is 1.23 bits per heavy atom. The molecule has 1 aliphatic carbocycles. The molecule has 0 aromatic heterocycles. The highest BCUT2D eigenvalue weighted by Crippen LogP contribution is 2.31. The van der Waals surface area contributed by atoms with Crippen LogP contribution in [0, 0.1) is 5.92 Å². The third kappa shape index (κ3) is 3.80. The zero-order valence-corrected chi connectivity index (χ0v) is 13.5. The van der Waals surface area contributed by atoms with Crippen LogP contribution in [0.3, 0.4) is 0 Å². The lowest BCUT2D eigenvalue weighted by Gasteiger charge is -2.24. The number of carboxylic acids is 1. The first-order valence-electron chi connectivity index (χ1n) is 7.56. The highest BCUT2D eigenvalue weighted by atomic mass is 32.2. The molecule has 1 aromatic rings. The standard InChI is InChI=1S/C16H22O5S/c1-21-13-7-9-14(10-8-13)22(19,20)15(16(17)18)11-12-5-3-2-4-6-12/h7-10,12,15H,2-6,11H2,1H3,(H,17,18). The van der Waals surface area contributed by atoms with Crippen LogP contribution in [-0.4, -0.2) is 31.9 Å². The van der Waals surface area contributed by atoms with Crippen LogP contribution in [0.5, 0.6) is 5.75 Å². The Balaban J connectivity index is 2.22. The molecule has 1 N–H and O–H groups in total. The Morgan fingerprint density at radius 3 is 2.32 bits per heavy atom. The molecule has 0 amide bonds. The molecule has 1 aromatic carbocycles. The van der Waals surface area contributed by atoms with Crippen molar-refractivity contribution in [3.05, 3.63) is 24.3 Å². The van der Waals surface area contributed by atoms with Gasteiger partial charge < -0.3 is 9.84 Å². The van der Waals surface area contributed by atoms with Crippen molar-refractivity contribution in [2.45, 2.75) is 48.7 Å². The number of benzene rings is 1. The summed E-state index contributed by atoms with van der Waals surface area (Å²) < 4.78 is 30.3. The van der Waals surface area contributed by atoms with E-state index in [1.807, 2.05) is 0 Å². The van der Waals surface area contributed by atoms with Gasteiger partial charge >= 0.3 is 5.97 Å². The minimum atomic E-state index is -3.88. The third-order valence-corrected chi connectivity index (χ3v) is 6.38. The smallest absolute Gasteiger partial charge is 0.322 e. The van der Waals surface area contributed by atoms with Gasteiger partial charge in [0.25, 0.3) is 0 Å². The molecule has 5 nitrogen and oxygen atoms in total. The molecule has 1 saturated carbocycles. The quantitative estimate of drug-likeness (QED) is 0.869. The molecular formula is C16H22O5S. The first-order valence-corrected chi connectivity index (χ1v) is 9.10. The molecule has 0 radical (unpaired) electrons. The molecule has 0 saturated heterocycles.